The lowest BCUT2D eigenvalue weighted by atomic mass is 9.92. The van der Waals surface area contributed by atoms with Gasteiger partial charge >= 0.3 is 6.18 Å². The molecule has 0 aliphatic carbocycles. The van der Waals surface area contributed by atoms with Gasteiger partial charge in [0.1, 0.15) is 18.0 Å². The molecule has 118 valence electrons. The van der Waals surface area contributed by atoms with E-state index in [4.69, 9.17) is 5.26 Å². The summed E-state index contributed by atoms with van der Waals surface area (Å²) in [5.41, 5.74) is -1.21. The highest BCUT2D eigenvalue weighted by Gasteiger charge is 2.47. The zero-order valence-corrected chi connectivity index (χ0v) is 12.5. The number of nitriles is 2. The summed E-state index contributed by atoms with van der Waals surface area (Å²) in [4.78, 5) is 4.18. The van der Waals surface area contributed by atoms with Crippen LogP contribution in [-0.4, -0.2) is 17.7 Å². The van der Waals surface area contributed by atoms with Crippen LogP contribution in [0, 0.1) is 28.1 Å². The molecule has 0 saturated carbocycles. The summed E-state index contributed by atoms with van der Waals surface area (Å²) in [5.74, 6) is 0.0417. The van der Waals surface area contributed by atoms with Crippen LogP contribution >= 0.6 is 0 Å². The minimum Gasteiger partial charge on any atom is -0.368 e. The summed E-state index contributed by atoms with van der Waals surface area (Å²) in [6, 6.07) is 10.3. The van der Waals surface area contributed by atoms with E-state index < -0.39 is 18.1 Å². The van der Waals surface area contributed by atoms with E-state index in [1.54, 1.807) is 18.2 Å². The molecule has 4 nitrogen and oxygen atoms in total. The largest absolute Gasteiger partial charge is 0.395 e. The molecule has 0 atom stereocenters. The number of fused-ring (bicyclic) bond motifs is 1. The summed E-state index contributed by atoms with van der Waals surface area (Å²) in [5, 5.41) is 21.4. The molecule has 0 radical (unpaired) electrons. The SMILES string of the molecule is CC(C)(CNc1nc2c(C#N)cccc2cc1C#N)C(F)(F)F. The molecule has 0 amide bonds. The van der Waals surface area contributed by atoms with Crippen LogP contribution in [0.4, 0.5) is 19.0 Å². The van der Waals surface area contributed by atoms with E-state index in [1.165, 1.54) is 6.07 Å². The van der Waals surface area contributed by atoms with Crippen molar-refractivity contribution in [2.24, 2.45) is 5.41 Å². The lowest BCUT2D eigenvalue weighted by Gasteiger charge is -2.28. The van der Waals surface area contributed by atoms with Crippen LogP contribution in [-0.2, 0) is 0 Å². The number of nitrogens with one attached hydrogen (secondary N) is 1. The van der Waals surface area contributed by atoms with E-state index in [0.29, 0.717) is 16.5 Å². The summed E-state index contributed by atoms with van der Waals surface area (Å²) < 4.78 is 38.8. The van der Waals surface area contributed by atoms with Gasteiger partial charge in [-0.25, -0.2) is 4.98 Å². The minimum atomic E-state index is -4.39. The highest BCUT2D eigenvalue weighted by molar-refractivity contribution is 5.87. The molecule has 0 unspecified atom stereocenters. The quantitative estimate of drug-likeness (QED) is 0.929. The Bertz CT molecular complexity index is 826. The fourth-order valence-corrected chi connectivity index (χ4v) is 1.91. The van der Waals surface area contributed by atoms with Gasteiger partial charge in [-0.2, -0.15) is 23.7 Å². The Balaban J connectivity index is 2.45. The molecule has 0 saturated heterocycles. The molecule has 2 rings (SSSR count). The highest BCUT2D eigenvalue weighted by atomic mass is 19.4. The van der Waals surface area contributed by atoms with E-state index in [2.05, 4.69) is 10.3 Å². The Morgan fingerprint density at radius 1 is 1.13 bits per heavy atom. The fourth-order valence-electron chi connectivity index (χ4n) is 1.91. The zero-order chi connectivity index (χ0) is 17.3. The van der Waals surface area contributed by atoms with Gasteiger partial charge in [-0.05, 0) is 26.0 Å². The van der Waals surface area contributed by atoms with E-state index in [-0.39, 0.29) is 11.4 Å². The average Bonchev–Trinajstić information content (AvgIpc) is 2.50. The highest BCUT2D eigenvalue weighted by Crippen LogP contribution is 2.37. The third-order valence-corrected chi connectivity index (χ3v) is 3.55. The number of benzene rings is 1. The van der Waals surface area contributed by atoms with E-state index in [9.17, 15) is 18.4 Å². The van der Waals surface area contributed by atoms with Crippen molar-refractivity contribution in [2.45, 2.75) is 20.0 Å². The van der Waals surface area contributed by atoms with Crippen LogP contribution in [0.2, 0.25) is 0 Å². The Labute approximate surface area is 131 Å². The van der Waals surface area contributed by atoms with Crippen molar-refractivity contribution in [1.29, 1.82) is 10.5 Å². The number of para-hydroxylation sites is 1. The molecule has 0 spiro atoms. The van der Waals surface area contributed by atoms with Gasteiger partial charge in [0.2, 0.25) is 0 Å². The molecule has 0 aliphatic heterocycles. The van der Waals surface area contributed by atoms with Gasteiger partial charge in [-0.1, -0.05) is 12.1 Å². The van der Waals surface area contributed by atoms with Crippen molar-refractivity contribution in [3.8, 4) is 12.1 Å². The van der Waals surface area contributed by atoms with Crippen molar-refractivity contribution in [2.75, 3.05) is 11.9 Å². The molecule has 7 heteroatoms. The first-order valence-electron chi connectivity index (χ1n) is 6.74. The molecular formula is C16H13F3N4. The smallest absolute Gasteiger partial charge is 0.368 e. The van der Waals surface area contributed by atoms with Crippen molar-refractivity contribution in [3.63, 3.8) is 0 Å². The van der Waals surface area contributed by atoms with Crippen molar-refractivity contribution < 1.29 is 13.2 Å². The topological polar surface area (TPSA) is 72.5 Å². The number of anilines is 1. The molecule has 1 heterocycles. The van der Waals surface area contributed by atoms with Crippen molar-refractivity contribution >= 4 is 16.7 Å². The normalized spacial score (nSPS) is 11.8. The van der Waals surface area contributed by atoms with E-state index in [0.717, 1.165) is 13.8 Å². The maximum Gasteiger partial charge on any atom is 0.395 e. The number of nitrogens with zero attached hydrogens (tertiary/aromatic N) is 3. The molecule has 1 N–H and O–H groups in total. The van der Waals surface area contributed by atoms with Crippen LogP contribution in [0.15, 0.2) is 24.3 Å². The lowest BCUT2D eigenvalue weighted by molar-refractivity contribution is -0.206. The van der Waals surface area contributed by atoms with Crippen LogP contribution in [0.25, 0.3) is 10.9 Å². The Morgan fingerprint density at radius 3 is 2.35 bits per heavy atom. The van der Waals surface area contributed by atoms with E-state index >= 15 is 0 Å². The molecular weight excluding hydrogens is 305 g/mol. The average molecular weight is 318 g/mol. The Morgan fingerprint density at radius 2 is 1.78 bits per heavy atom. The maximum absolute atomic E-state index is 12.9. The number of hydrogen-bond acceptors (Lipinski definition) is 4. The van der Waals surface area contributed by atoms with E-state index in [1.807, 2.05) is 12.1 Å². The monoisotopic (exact) mass is 318 g/mol. The van der Waals surface area contributed by atoms with Crippen molar-refractivity contribution in [1.82, 2.24) is 4.98 Å². The number of halogens is 3. The molecule has 1 aromatic carbocycles. The third kappa shape index (κ3) is 3.19. The molecule has 1 aromatic heterocycles. The standard InChI is InChI=1S/C16H13F3N4/c1-15(2,16(17,18)19)9-22-14-12(8-21)6-10-4-3-5-11(7-20)13(10)23-14/h3-6H,9H2,1-2H3,(H,22,23). The minimum absolute atomic E-state index is 0.0417. The van der Waals surface area contributed by atoms with Gasteiger partial charge in [-0.3, -0.25) is 0 Å². The number of rotatable bonds is 3. The first-order valence-corrected chi connectivity index (χ1v) is 6.74. The number of hydrogen-bond donors (Lipinski definition) is 1. The second-order valence-corrected chi connectivity index (χ2v) is 5.72. The first kappa shape index (κ1) is 16.6. The second-order valence-electron chi connectivity index (χ2n) is 5.72. The third-order valence-electron chi connectivity index (χ3n) is 3.55. The molecule has 0 fully saturated rings. The fraction of sp³-hybridized carbons (Fsp3) is 0.312. The summed E-state index contributed by atoms with van der Waals surface area (Å²) in [7, 11) is 0. The summed E-state index contributed by atoms with van der Waals surface area (Å²) in [6.45, 7) is 1.69. The van der Waals surface area contributed by atoms with Crippen molar-refractivity contribution in [3.05, 3.63) is 35.4 Å². The molecule has 0 bridgehead atoms. The number of pyridine rings is 1. The predicted molar refractivity (Wildman–Crippen MR) is 79.5 cm³/mol. The maximum atomic E-state index is 12.9. The first-order chi connectivity index (χ1) is 10.7. The van der Waals surface area contributed by atoms with Gasteiger partial charge in [0.25, 0.3) is 0 Å². The van der Waals surface area contributed by atoms with Crippen LogP contribution in [0.1, 0.15) is 25.0 Å². The van der Waals surface area contributed by atoms with Crippen LogP contribution in [0.3, 0.4) is 0 Å². The van der Waals surface area contributed by atoms with Gasteiger partial charge in [0, 0.05) is 11.9 Å². The Kier molecular flexibility index (Phi) is 4.16. The number of aromatic nitrogens is 1. The van der Waals surface area contributed by atoms with Gasteiger partial charge in [0.15, 0.2) is 0 Å². The molecule has 0 aliphatic rings. The Hall–Kier alpha value is -2.80. The van der Waals surface area contributed by atoms with Crippen LogP contribution < -0.4 is 5.32 Å². The zero-order valence-electron chi connectivity index (χ0n) is 12.5. The predicted octanol–water partition coefficient (Wildman–Crippen LogP) is 3.98. The van der Waals surface area contributed by atoms with Gasteiger partial charge in [-0.15, -0.1) is 0 Å². The van der Waals surface area contributed by atoms with Gasteiger partial charge < -0.3 is 5.32 Å². The summed E-state index contributed by atoms with van der Waals surface area (Å²) in [6.07, 6.45) is -4.39. The summed E-state index contributed by atoms with van der Waals surface area (Å²) >= 11 is 0. The number of alkyl halides is 3. The lowest BCUT2D eigenvalue weighted by Crippen LogP contribution is -2.38. The van der Waals surface area contributed by atoms with Gasteiger partial charge in [0.05, 0.1) is 22.1 Å². The molecule has 2 aromatic rings. The second kappa shape index (κ2) is 5.77. The molecule has 23 heavy (non-hydrogen) atoms. The van der Waals surface area contributed by atoms with Crippen LogP contribution in [0.5, 0.6) is 0 Å².